The molecule has 1 aliphatic heterocycles. The van der Waals surface area contributed by atoms with Crippen molar-refractivity contribution >= 4 is 34.4 Å². The lowest BCUT2D eigenvalue weighted by Gasteiger charge is -2.20. The Morgan fingerprint density at radius 1 is 0.433 bits per heavy atom. The van der Waals surface area contributed by atoms with E-state index in [2.05, 4.69) is 250 Å². The molecular weight excluding hydrogens is 1320 g/mol. The van der Waals surface area contributed by atoms with Crippen LogP contribution in [0.2, 0.25) is 0 Å². The molecule has 7 aliphatic rings. The summed E-state index contributed by atoms with van der Waals surface area (Å²) in [5.41, 5.74) is 24.7. The average Bonchev–Trinajstić information content (AvgIpc) is 1.57. The summed E-state index contributed by atoms with van der Waals surface area (Å²) < 4.78 is 2.17. The topological polar surface area (TPSA) is 184 Å². The van der Waals surface area contributed by atoms with E-state index in [1.54, 1.807) is 0 Å². The summed E-state index contributed by atoms with van der Waals surface area (Å²) in [5, 5.41) is 48.4. The summed E-state index contributed by atoms with van der Waals surface area (Å²) in [6.07, 6.45) is 32.4. The number of fused-ring (bicyclic) bond motifs is 2. The van der Waals surface area contributed by atoms with Crippen molar-refractivity contribution in [2.24, 2.45) is 22.2 Å². The molecule has 10 aromatic heterocycles. The molecule has 0 bridgehead atoms. The van der Waals surface area contributed by atoms with E-state index in [9.17, 15) is 0 Å². The summed E-state index contributed by atoms with van der Waals surface area (Å²) in [6.45, 7) is 32.1. The average molecular weight is 1430 g/mol. The van der Waals surface area contributed by atoms with Crippen LogP contribution in [0.4, 0.5) is 0 Å². The SMILES string of the molecule is Cc1ccc(CC2(C3=C4C=CC(C(C)C)=CC4C=N3)CC2)nn1.Cc1ccc(CC2(c3ccc(C(C)C)nc3)CC2)nn1.Cc1ccc(CC2(c3csc(C(C)C)c3)CC2)nn1.Cc1ccc(CC2(c3nc(C(C)C)cs3)CC2)nn1.Cc1ccc(CC2(c3ncn4cc(C(C)C)ccc34)CC2)nn1. The fraction of sp³-hybridized carbons (Fsp3) is 0.471. The predicted molar refractivity (Wildman–Crippen MR) is 421 cm³/mol. The number of pyridine rings is 2. The van der Waals surface area contributed by atoms with Crippen molar-refractivity contribution in [3.63, 3.8) is 0 Å². The van der Waals surface area contributed by atoms with Gasteiger partial charge in [-0.15, -0.1) is 22.7 Å². The predicted octanol–water partition coefficient (Wildman–Crippen LogP) is 19.5. The molecule has 104 heavy (non-hydrogen) atoms. The van der Waals surface area contributed by atoms with Crippen molar-refractivity contribution in [2.45, 2.75) is 245 Å². The number of hydrogen-bond acceptors (Lipinski definition) is 16. The number of rotatable bonds is 20. The van der Waals surface area contributed by atoms with Crippen LogP contribution in [0.25, 0.3) is 5.52 Å². The Labute approximate surface area is 624 Å². The number of allylic oxidation sites excluding steroid dienone is 6. The van der Waals surface area contributed by atoms with Gasteiger partial charge in [-0.1, -0.05) is 99.6 Å². The Balaban J connectivity index is 0.000000116. The fourth-order valence-electron chi connectivity index (χ4n) is 14.3. The van der Waals surface area contributed by atoms with Crippen LogP contribution in [-0.4, -0.2) is 76.6 Å². The fourth-order valence-corrected chi connectivity index (χ4v) is 16.6. The first-order valence-electron chi connectivity index (χ1n) is 38.0. The first-order valence-corrected chi connectivity index (χ1v) is 39.8. The number of aryl methyl sites for hydroxylation is 5. The number of aromatic nitrogens is 14. The van der Waals surface area contributed by atoms with Gasteiger partial charge in [0.1, 0.15) is 0 Å². The second-order valence-corrected chi connectivity index (χ2v) is 34.4. The lowest BCUT2D eigenvalue weighted by Crippen LogP contribution is -2.13. The smallest absolute Gasteiger partial charge is 0.0995 e. The van der Waals surface area contributed by atoms with Gasteiger partial charge in [-0.05, 0) is 240 Å². The zero-order valence-electron chi connectivity index (χ0n) is 64.0. The number of nitrogens with zero attached hydrogens (tertiary/aromatic N) is 15. The van der Waals surface area contributed by atoms with Crippen LogP contribution in [0.15, 0.2) is 161 Å². The van der Waals surface area contributed by atoms with E-state index < -0.39 is 0 Å². The van der Waals surface area contributed by atoms with Gasteiger partial charge in [0.2, 0.25) is 0 Å². The molecule has 10 aromatic rings. The van der Waals surface area contributed by atoms with Gasteiger partial charge in [-0.2, -0.15) is 51.0 Å². The first-order chi connectivity index (χ1) is 49.9. The Hall–Kier alpha value is -8.54. The second kappa shape index (κ2) is 30.9. The highest BCUT2D eigenvalue weighted by Crippen LogP contribution is 2.58. The third-order valence-electron chi connectivity index (χ3n) is 22.2. The van der Waals surface area contributed by atoms with Crippen molar-refractivity contribution < 1.29 is 0 Å². The van der Waals surface area contributed by atoms with Gasteiger partial charge < -0.3 is 4.40 Å². The molecule has 6 aliphatic carbocycles. The molecule has 0 radical (unpaired) electrons. The molecule has 17 heteroatoms. The Morgan fingerprint density at radius 3 is 1.33 bits per heavy atom. The molecule has 0 N–H and O–H groups in total. The molecule has 15 nitrogen and oxygen atoms in total. The van der Waals surface area contributed by atoms with E-state index in [0.29, 0.717) is 40.9 Å². The molecule has 5 saturated carbocycles. The van der Waals surface area contributed by atoms with E-state index in [1.165, 1.54) is 130 Å². The molecule has 17 rings (SSSR count). The number of hydrogen-bond donors (Lipinski definition) is 0. The number of imidazole rings is 1. The van der Waals surface area contributed by atoms with Gasteiger partial charge in [-0.3, -0.25) is 9.98 Å². The van der Waals surface area contributed by atoms with Crippen molar-refractivity contribution in [3.05, 3.63) is 256 Å². The van der Waals surface area contributed by atoms with Crippen molar-refractivity contribution in [3.8, 4) is 0 Å². The quantitative estimate of drug-likeness (QED) is 0.0703. The van der Waals surface area contributed by atoms with Crippen molar-refractivity contribution in [1.29, 1.82) is 0 Å². The maximum Gasteiger partial charge on any atom is 0.0995 e. The zero-order chi connectivity index (χ0) is 73.1. The van der Waals surface area contributed by atoms with Crippen LogP contribution < -0.4 is 0 Å². The van der Waals surface area contributed by atoms with Crippen LogP contribution in [0, 0.1) is 51.9 Å². The molecule has 0 saturated heterocycles. The maximum atomic E-state index is 4.83. The number of aliphatic imine (C=N–C) groups is 1. The molecular formula is C87H105N15S2. The van der Waals surface area contributed by atoms with E-state index in [0.717, 1.165) is 89.0 Å². The third kappa shape index (κ3) is 17.5. The van der Waals surface area contributed by atoms with Gasteiger partial charge in [0.15, 0.2) is 0 Å². The van der Waals surface area contributed by atoms with Gasteiger partial charge in [0, 0.05) is 99.7 Å². The van der Waals surface area contributed by atoms with Gasteiger partial charge in [-0.25, -0.2) is 9.97 Å². The number of thiophene rings is 1. The number of thiazole rings is 1. The summed E-state index contributed by atoms with van der Waals surface area (Å²) in [5.74, 6) is 3.11. The Kier molecular flexibility index (Phi) is 21.9. The summed E-state index contributed by atoms with van der Waals surface area (Å²) >= 11 is 3.71. The minimum absolute atomic E-state index is 0.151. The van der Waals surface area contributed by atoms with E-state index in [-0.39, 0.29) is 21.7 Å². The van der Waals surface area contributed by atoms with Gasteiger partial charge >= 0.3 is 0 Å². The molecule has 0 aromatic carbocycles. The monoisotopic (exact) mass is 1420 g/mol. The molecule has 1 atom stereocenters. The van der Waals surface area contributed by atoms with E-state index in [1.807, 2.05) is 81.8 Å². The Morgan fingerprint density at radius 2 is 0.913 bits per heavy atom. The molecule has 0 spiro atoms. The summed E-state index contributed by atoms with van der Waals surface area (Å²) in [7, 11) is 0. The molecule has 540 valence electrons. The van der Waals surface area contributed by atoms with Crippen molar-refractivity contribution in [1.82, 2.24) is 70.3 Å². The standard InChI is InChI=1S/C20H23N3.C19H22N4.C17H21N3.C16H20N2S.C15H19N3S/c1-13(2)15-5-7-18-16(10-15)12-21-19(18)20(8-9-20)11-17-6-4-14(3)22-23-17;1-13(2)15-5-7-17-18(20-12-23(17)11-15)19(8-9-19)10-16-6-4-14(3)21-22-16;1-12(2)16-7-5-14(11-18-16)17(8-9-17)10-15-6-4-13(3)19-20-15;1-11(2)15-8-13(10-19-15)16(6-7-16)9-14-5-4-12(3)17-18-14;1-10(2)13-9-19-14(16-13)15(6-7-15)8-12-5-4-11(3)17-18-12/h4-7,10,12-13,16H,8-9,11H2,1-3H3;4-7,11-13H,8-10H2,1-3H3;4-7,11-12H,8-10H2,1-3H3;4-5,8,10-11H,6-7,9H2,1-3H3;4-5,9-10H,6-8H2,1-3H3. The normalized spacial score (nSPS) is 18.2. The molecule has 11 heterocycles. The van der Waals surface area contributed by atoms with Crippen LogP contribution in [-0.2, 0) is 53.8 Å². The summed E-state index contributed by atoms with van der Waals surface area (Å²) in [4.78, 5) is 20.5. The summed E-state index contributed by atoms with van der Waals surface area (Å²) in [6, 6.07) is 32.0. The third-order valence-corrected chi connectivity index (χ3v) is 24.5. The first kappa shape index (κ1) is 73.8. The maximum absolute atomic E-state index is 4.83. The minimum Gasteiger partial charge on any atom is -0.306 e. The Bertz CT molecular complexity index is 4580. The molecule has 0 amide bonds. The highest BCUT2D eigenvalue weighted by Gasteiger charge is 2.51. The second-order valence-electron chi connectivity index (χ2n) is 32.6. The van der Waals surface area contributed by atoms with Crippen molar-refractivity contribution in [2.75, 3.05) is 0 Å². The van der Waals surface area contributed by atoms with E-state index in [4.69, 9.17) is 15.0 Å². The van der Waals surface area contributed by atoms with E-state index >= 15 is 0 Å². The van der Waals surface area contributed by atoms with Gasteiger partial charge in [0.05, 0.1) is 90.9 Å². The highest BCUT2D eigenvalue weighted by atomic mass is 32.1. The molecule has 5 fully saturated rings. The highest BCUT2D eigenvalue weighted by molar-refractivity contribution is 7.10. The largest absolute Gasteiger partial charge is 0.306 e. The van der Waals surface area contributed by atoms with Crippen LogP contribution in [0.5, 0.6) is 0 Å². The van der Waals surface area contributed by atoms with Crippen LogP contribution >= 0.6 is 22.7 Å². The zero-order valence-corrected chi connectivity index (χ0v) is 65.6. The molecule has 1 unspecified atom stereocenters. The lowest BCUT2D eigenvalue weighted by atomic mass is 9.84. The minimum atomic E-state index is 0.151. The van der Waals surface area contributed by atoms with Crippen LogP contribution in [0.3, 0.4) is 0 Å². The van der Waals surface area contributed by atoms with Gasteiger partial charge in [0.25, 0.3) is 0 Å². The lowest BCUT2D eigenvalue weighted by molar-refractivity contribution is 0.577. The van der Waals surface area contributed by atoms with Crippen LogP contribution in [0.1, 0.15) is 258 Å².